The summed E-state index contributed by atoms with van der Waals surface area (Å²) in [6.07, 6.45) is 41.9. The second kappa shape index (κ2) is 39.3. The van der Waals surface area contributed by atoms with Crippen LogP contribution in [-0.4, -0.2) is 89.0 Å². The van der Waals surface area contributed by atoms with E-state index in [4.69, 9.17) is 18.9 Å². The number of esters is 2. The maximum atomic E-state index is 12.8. The molecule has 1 aliphatic rings. The molecule has 0 radical (unpaired) electrons. The van der Waals surface area contributed by atoms with Gasteiger partial charge in [-0.25, -0.2) is 0 Å². The van der Waals surface area contributed by atoms with E-state index in [2.05, 4.69) is 86.8 Å². The van der Waals surface area contributed by atoms with E-state index < -0.39 is 55.4 Å². The highest BCUT2D eigenvalue weighted by atomic mass is 16.7. The Kier molecular flexibility index (Phi) is 36.1. The largest absolute Gasteiger partial charge is 0.462 e. The van der Waals surface area contributed by atoms with E-state index in [-0.39, 0.29) is 26.1 Å². The van der Waals surface area contributed by atoms with E-state index in [1.54, 1.807) is 0 Å². The summed E-state index contributed by atoms with van der Waals surface area (Å²) in [5, 5.41) is 40.1. The molecule has 10 heteroatoms. The van der Waals surface area contributed by atoms with Crippen molar-refractivity contribution in [1.29, 1.82) is 0 Å². The number of carbonyl (C=O) groups is 2. The first-order chi connectivity index (χ1) is 28.8. The lowest BCUT2D eigenvalue weighted by Gasteiger charge is -2.39. The van der Waals surface area contributed by atoms with Crippen molar-refractivity contribution >= 4 is 11.9 Å². The third-order valence-corrected chi connectivity index (χ3v) is 10.1. The molecule has 0 spiro atoms. The molecule has 1 fully saturated rings. The molecule has 1 heterocycles. The van der Waals surface area contributed by atoms with Crippen LogP contribution in [0.25, 0.3) is 0 Å². The Morgan fingerprint density at radius 2 is 1.00 bits per heavy atom. The molecule has 0 aromatic heterocycles. The van der Waals surface area contributed by atoms with Crippen molar-refractivity contribution in [3.8, 4) is 0 Å². The molecule has 1 saturated heterocycles. The van der Waals surface area contributed by atoms with Crippen LogP contribution >= 0.6 is 0 Å². The van der Waals surface area contributed by atoms with Gasteiger partial charge in [-0.05, 0) is 83.5 Å². The number of rotatable bonds is 37. The van der Waals surface area contributed by atoms with Gasteiger partial charge in [0.1, 0.15) is 31.0 Å². The van der Waals surface area contributed by atoms with Gasteiger partial charge in [0, 0.05) is 12.8 Å². The topological polar surface area (TPSA) is 152 Å². The number of aliphatic hydroxyl groups is 4. The summed E-state index contributed by atoms with van der Waals surface area (Å²) < 4.78 is 22.1. The van der Waals surface area contributed by atoms with Crippen molar-refractivity contribution in [3.63, 3.8) is 0 Å². The molecule has 0 bridgehead atoms. The van der Waals surface area contributed by atoms with E-state index in [0.29, 0.717) is 12.8 Å². The molecule has 1 aliphatic heterocycles. The summed E-state index contributed by atoms with van der Waals surface area (Å²) in [7, 11) is 0. The van der Waals surface area contributed by atoms with Crippen molar-refractivity contribution in [2.75, 3.05) is 19.8 Å². The summed E-state index contributed by atoms with van der Waals surface area (Å²) in [4.78, 5) is 25.3. The van der Waals surface area contributed by atoms with Gasteiger partial charge >= 0.3 is 11.9 Å². The third-order valence-electron chi connectivity index (χ3n) is 10.1. The van der Waals surface area contributed by atoms with Crippen LogP contribution in [-0.2, 0) is 28.5 Å². The number of hydrogen-bond donors (Lipinski definition) is 4. The van der Waals surface area contributed by atoms with Gasteiger partial charge in [0.2, 0.25) is 0 Å². The lowest BCUT2D eigenvalue weighted by Crippen LogP contribution is -2.59. The number of allylic oxidation sites excluding steroid dienone is 12. The Balaban J connectivity index is 2.37. The van der Waals surface area contributed by atoms with Gasteiger partial charge in [-0.1, -0.05) is 145 Å². The smallest absolute Gasteiger partial charge is 0.306 e. The number of unbranched alkanes of at least 4 members (excludes halogenated alkanes) is 14. The highest BCUT2D eigenvalue weighted by Crippen LogP contribution is 2.22. The number of ether oxygens (including phenoxy) is 4. The molecule has 4 N–H and O–H groups in total. The van der Waals surface area contributed by atoms with Crippen molar-refractivity contribution < 1.29 is 49.0 Å². The predicted molar refractivity (Wildman–Crippen MR) is 238 cm³/mol. The molecule has 0 aromatic carbocycles. The van der Waals surface area contributed by atoms with Crippen LogP contribution in [0.3, 0.4) is 0 Å². The summed E-state index contributed by atoms with van der Waals surface area (Å²) in [5.74, 6) is -0.868. The van der Waals surface area contributed by atoms with E-state index in [1.165, 1.54) is 51.4 Å². The van der Waals surface area contributed by atoms with E-state index in [9.17, 15) is 30.0 Å². The van der Waals surface area contributed by atoms with Crippen LogP contribution < -0.4 is 0 Å². The van der Waals surface area contributed by atoms with Gasteiger partial charge in [-0.2, -0.15) is 0 Å². The van der Waals surface area contributed by atoms with Crippen molar-refractivity contribution in [1.82, 2.24) is 0 Å². The number of aliphatic hydroxyl groups excluding tert-OH is 4. The molecule has 1 rings (SSSR count). The van der Waals surface area contributed by atoms with E-state index in [1.807, 2.05) is 0 Å². The molecule has 338 valence electrons. The first-order valence-corrected chi connectivity index (χ1v) is 23.0. The third kappa shape index (κ3) is 30.8. The normalized spacial score (nSPS) is 20.7. The number of carbonyl (C=O) groups excluding carboxylic acids is 2. The van der Waals surface area contributed by atoms with Gasteiger partial charge in [0.05, 0.1) is 13.2 Å². The summed E-state index contributed by atoms with van der Waals surface area (Å²) in [5.41, 5.74) is 0. The van der Waals surface area contributed by atoms with E-state index >= 15 is 0 Å². The maximum Gasteiger partial charge on any atom is 0.306 e. The molecule has 0 amide bonds. The molecule has 0 aromatic rings. The summed E-state index contributed by atoms with van der Waals surface area (Å²) >= 11 is 0. The Bertz CT molecular complexity index is 1190. The fraction of sp³-hybridized carbons (Fsp3) is 0.714. The zero-order chi connectivity index (χ0) is 43.0. The lowest BCUT2D eigenvalue weighted by molar-refractivity contribution is -0.305. The van der Waals surface area contributed by atoms with Crippen LogP contribution in [0.1, 0.15) is 168 Å². The molecule has 10 nitrogen and oxygen atoms in total. The van der Waals surface area contributed by atoms with Crippen molar-refractivity contribution in [3.05, 3.63) is 72.9 Å². The number of hydrogen-bond acceptors (Lipinski definition) is 10. The zero-order valence-corrected chi connectivity index (χ0v) is 36.7. The molecule has 6 atom stereocenters. The van der Waals surface area contributed by atoms with Gasteiger partial charge < -0.3 is 39.4 Å². The highest BCUT2D eigenvalue weighted by Gasteiger charge is 2.44. The van der Waals surface area contributed by atoms with Crippen molar-refractivity contribution in [2.24, 2.45) is 0 Å². The molecule has 59 heavy (non-hydrogen) atoms. The average molecular weight is 831 g/mol. The Morgan fingerprint density at radius 1 is 0.542 bits per heavy atom. The fourth-order valence-corrected chi connectivity index (χ4v) is 6.44. The van der Waals surface area contributed by atoms with Gasteiger partial charge in [0.15, 0.2) is 12.4 Å². The van der Waals surface area contributed by atoms with E-state index in [0.717, 1.165) is 77.0 Å². The van der Waals surface area contributed by atoms with Crippen LogP contribution in [0.5, 0.6) is 0 Å². The lowest BCUT2D eigenvalue weighted by atomic mass is 9.99. The highest BCUT2D eigenvalue weighted by molar-refractivity contribution is 5.70. The molecule has 0 saturated carbocycles. The summed E-state index contributed by atoms with van der Waals surface area (Å²) in [6.45, 7) is 3.25. The predicted octanol–water partition coefficient (Wildman–Crippen LogP) is 10.00. The Labute approximate surface area is 357 Å². The minimum absolute atomic E-state index is 0.184. The quantitative estimate of drug-likeness (QED) is 0.0271. The Morgan fingerprint density at radius 3 is 1.53 bits per heavy atom. The minimum Gasteiger partial charge on any atom is -0.462 e. The minimum atomic E-state index is -1.61. The monoisotopic (exact) mass is 831 g/mol. The van der Waals surface area contributed by atoms with Crippen LogP contribution in [0, 0.1) is 0 Å². The maximum absolute atomic E-state index is 12.8. The first-order valence-electron chi connectivity index (χ1n) is 23.0. The van der Waals surface area contributed by atoms with Gasteiger partial charge in [-0.3, -0.25) is 9.59 Å². The van der Waals surface area contributed by atoms with Gasteiger partial charge in [-0.15, -0.1) is 0 Å². The van der Waals surface area contributed by atoms with Gasteiger partial charge in [0.25, 0.3) is 0 Å². The van der Waals surface area contributed by atoms with Crippen molar-refractivity contribution in [2.45, 2.75) is 205 Å². The molecular formula is C49H82O10. The molecule has 0 aliphatic carbocycles. The van der Waals surface area contributed by atoms with Crippen LogP contribution in [0.2, 0.25) is 0 Å². The second-order valence-corrected chi connectivity index (χ2v) is 15.5. The molecular weight excluding hydrogens is 749 g/mol. The summed E-state index contributed by atoms with van der Waals surface area (Å²) in [6, 6.07) is 0. The zero-order valence-electron chi connectivity index (χ0n) is 36.7. The fourth-order valence-electron chi connectivity index (χ4n) is 6.44. The van der Waals surface area contributed by atoms with Crippen LogP contribution in [0.15, 0.2) is 72.9 Å². The second-order valence-electron chi connectivity index (χ2n) is 15.5. The average Bonchev–Trinajstić information content (AvgIpc) is 3.23. The first kappa shape index (κ1) is 54.2. The Hall–Kier alpha value is -2.86. The SMILES string of the molecule is CC/C=C/C/C=C/C/C=C/C/C=C/C/C=C/CCCCCC(=O)O[C@H](COC(=O)CCCCC/C=C/CCCCCCCCCC)CO[C@@H]1O[C@H](CO)[C@H](O)C(O)C1O. The standard InChI is InChI=1S/C49H82O10/c1-3-5-7-9-11-13-15-17-19-20-21-22-24-26-28-30-32-34-36-38-45(52)58-42(41-57-49-48(55)47(54)46(53)43(39-50)59-49)40-56-44(51)37-35-33-31-29-27-25-23-18-16-14-12-10-8-6-4-2/h5,7,11,13,17,19,21-22,25-28,42-43,46-50,53-55H,3-4,6,8-10,12,14-16,18,20,23-24,29-41H2,1-2H3/b7-5+,13-11+,19-17+,22-21+,27-25+,28-26+/t42-,43-,46+,47?,48?,49-/m1/s1. The van der Waals surface area contributed by atoms with Crippen LogP contribution in [0.4, 0.5) is 0 Å². The molecule has 2 unspecified atom stereocenters.